The predicted molar refractivity (Wildman–Crippen MR) is 75.9 cm³/mol. The summed E-state index contributed by atoms with van der Waals surface area (Å²) < 4.78 is 10.9. The average Bonchev–Trinajstić information content (AvgIpc) is 2.37. The van der Waals surface area contributed by atoms with Crippen LogP contribution in [-0.2, 0) is 9.47 Å². The van der Waals surface area contributed by atoms with Crippen LogP contribution in [0.2, 0.25) is 0 Å². The van der Waals surface area contributed by atoms with E-state index < -0.39 is 5.97 Å². The Labute approximate surface area is 118 Å². The largest absolute Gasteiger partial charge is 0.478 e. The van der Waals surface area contributed by atoms with E-state index in [-0.39, 0.29) is 6.29 Å². The second-order valence-corrected chi connectivity index (χ2v) is 5.03. The Kier molecular flexibility index (Phi) is 6.91. The monoisotopic (exact) mass is 284 g/mol. The van der Waals surface area contributed by atoms with Gasteiger partial charge in [-0.2, -0.15) is 0 Å². The highest BCUT2D eigenvalue weighted by atomic mass is 32.2. The van der Waals surface area contributed by atoms with E-state index in [0.29, 0.717) is 24.5 Å². The smallest absolute Gasteiger partial charge is 0.335 e. The molecule has 0 spiro atoms. The summed E-state index contributed by atoms with van der Waals surface area (Å²) in [5, 5.41) is 9.08. The molecule has 1 aromatic rings. The quantitative estimate of drug-likeness (QED) is 0.587. The summed E-state index contributed by atoms with van der Waals surface area (Å²) in [7, 11) is 0. The van der Waals surface area contributed by atoms with Crippen LogP contribution in [0.15, 0.2) is 23.1 Å². The number of ether oxygens (including phenoxy) is 2. The van der Waals surface area contributed by atoms with E-state index in [1.54, 1.807) is 13.0 Å². The molecule has 0 fully saturated rings. The zero-order chi connectivity index (χ0) is 14.3. The highest BCUT2D eigenvalue weighted by Gasteiger charge is 2.11. The minimum Gasteiger partial charge on any atom is -0.478 e. The van der Waals surface area contributed by atoms with E-state index >= 15 is 0 Å². The second-order valence-electron chi connectivity index (χ2n) is 3.93. The normalized spacial score (nSPS) is 10.9. The lowest BCUT2D eigenvalue weighted by Crippen LogP contribution is -2.20. The standard InChI is InChI=1S/C14H20O4S/c1-4-17-13(18-5-2)9-19-11-7-6-10(3)12(8-11)14(15)16/h6-8,13H,4-5,9H2,1-3H3,(H,15,16). The molecule has 4 nitrogen and oxygen atoms in total. The third-order valence-electron chi connectivity index (χ3n) is 2.53. The molecule has 1 rings (SSSR count). The van der Waals surface area contributed by atoms with E-state index in [1.807, 2.05) is 26.0 Å². The Morgan fingerprint density at radius 2 is 1.95 bits per heavy atom. The van der Waals surface area contributed by atoms with E-state index in [2.05, 4.69) is 0 Å². The number of hydrogen-bond donors (Lipinski definition) is 1. The van der Waals surface area contributed by atoms with Crippen LogP contribution in [0.4, 0.5) is 0 Å². The maximum absolute atomic E-state index is 11.1. The molecule has 1 N–H and O–H groups in total. The summed E-state index contributed by atoms with van der Waals surface area (Å²) in [6.45, 7) is 6.83. The second kappa shape index (κ2) is 8.19. The van der Waals surface area contributed by atoms with Crippen LogP contribution in [0.25, 0.3) is 0 Å². The van der Waals surface area contributed by atoms with Crippen molar-refractivity contribution in [3.05, 3.63) is 29.3 Å². The van der Waals surface area contributed by atoms with Gasteiger partial charge in [0.15, 0.2) is 6.29 Å². The van der Waals surface area contributed by atoms with Crippen LogP contribution in [0, 0.1) is 6.92 Å². The summed E-state index contributed by atoms with van der Waals surface area (Å²) in [4.78, 5) is 12.0. The number of rotatable bonds is 8. The third kappa shape index (κ3) is 5.22. The van der Waals surface area contributed by atoms with Crippen molar-refractivity contribution in [2.24, 2.45) is 0 Å². The molecular weight excluding hydrogens is 264 g/mol. The lowest BCUT2D eigenvalue weighted by atomic mass is 10.1. The summed E-state index contributed by atoms with van der Waals surface area (Å²) >= 11 is 1.54. The fourth-order valence-electron chi connectivity index (χ4n) is 1.60. The third-order valence-corrected chi connectivity index (χ3v) is 3.56. The summed E-state index contributed by atoms with van der Waals surface area (Å²) in [5.41, 5.74) is 1.11. The number of carboxylic acid groups (broad SMARTS) is 1. The predicted octanol–water partition coefficient (Wildman–Crippen LogP) is 3.18. The number of carboxylic acids is 1. The van der Waals surface area contributed by atoms with E-state index in [4.69, 9.17) is 14.6 Å². The number of thioether (sulfide) groups is 1. The van der Waals surface area contributed by atoms with Gasteiger partial charge in [-0.25, -0.2) is 4.79 Å². The van der Waals surface area contributed by atoms with Crippen molar-refractivity contribution < 1.29 is 19.4 Å². The van der Waals surface area contributed by atoms with Gasteiger partial charge in [0.1, 0.15) is 0 Å². The van der Waals surface area contributed by atoms with Crippen molar-refractivity contribution in [3.8, 4) is 0 Å². The first kappa shape index (κ1) is 16.0. The highest BCUT2D eigenvalue weighted by molar-refractivity contribution is 7.99. The van der Waals surface area contributed by atoms with Crippen LogP contribution in [-0.4, -0.2) is 36.3 Å². The number of benzene rings is 1. The van der Waals surface area contributed by atoms with Crippen molar-refractivity contribution in [3.63, 3.8) is 0 Å². The topological polar surface area (TPSA) is 55.8 Å². The molecule has 0 aliphatic heterocycles. The van der Waals surface area contributed by atoms with Gasteiger partial charge in [0.2, 0.25) is 0 Å². The van der Waals surface area contributed by atoms with Gasteiger partial charge >= 0.3 is 5.97 Å². The number of aryl methyl sites for hydroxylation is 1. The molecular formula is C14H20O4S. The SMILES string of the molecule is CCOC(CSc1ccc(C)c(C(=O)O)c1)OCC. The van der Waals surface area contributed by atoms with Gasteiger partial charge in [-0.15, -0.1) is 11.8 Å². The molecule has 0 aliphatic rings. The van der Waals surface area contributed by atoms with Crippen LogP contribution >= 0.6 is 11.8 Å². The maximum Gasteiger partial charge on any atom is 0.335 e. The Balaban J connectivity index is 2.66. The molecule has 0 saturated heterocycles. The van der Waals surface area contributed by atoms with E-state index in [0.717, 1.165) is 10.5 Å². The van der Waals surface area contributed by atoms with Crippen LogP contribution < -0.4 is 0 Å². The lowest BCUT2D eigenvalue weighted by molar-refractivity contribution is -0.120. The first-order valence-corrected chi connectivity index (χ1v) is 7.27. The fourth-order valence-corrected chi connectivity index (χ4v) is 2.49. The van der Waals surface area contributed by atoms with Crippen LogP contribution in [0.5, 0.6) is 0 Å². The lowest BCUT2D eigenvalue weighted by Gasteiger charge is -2.16. The molecule has 0 bridgehead atoms. The summed E-state index contributed by atoms with van der Waals surface area (Å²) in [5.74, 6) is -0.254. The molecule has 0 unspecified atom stereocenters. The highest BCUT2D eigenvalue weighted by Crippen LogP contribution is 2.23. The molecule has 1 aromatic carbocycles. The van der Waals surface area contributed by atoms with Crippen molar-refractivity contribution >= 4 is 17.7 Å². The Bertz CT molecular complexity index is 414. The van der Waals surface area contributed by atoms with Crippen molar-refractivity contribution in [2.75, 3.05) is 19.0 Å². The Morgan fingerprint density at radius 3 is 2.47 bits per heavy atom. The zero-order valence-electron chi connectivity index (χ0n) is 11.5. The van der Waals surface area contributed by atoms with Gasteiger partial charge in [0, 0.05) is 23.9 Å². The fraction of sp³-hybridized carbons (Fsp3) is 0.500. The number of aromatic carboxylic acids is 1. The molecule has 0 saturated carbocycles. The summed E-state index contributed by atoms with van der Waals surface area (Å²) in [6, 6.07) is 5.43. The average molecular weight is 284 g/mol. The molecule has 0 aliphatic carbocycles. The molecule has 106 valence electrons. The van der Waals surface area contributed by atoms with Crippen molar-refractivity contribution in [2.45, 2.75) is 32.0 Å². The molecule has 0 atom stereocenters. The van der Waals surface area contributed by atoms with Gasteiger partial charge in [0.05, 0.1) is 5.56 Å². The van der Waals surface area contributed by atoms with Crippen molar-refractivity contribution in [1.82, 2.24) is 0 Å². The molecule has 0 aromatic heterocycles. The minimum absolute atomic E-state index is 0.255. The number of carbonyl (C=O) groups is 1. The first-order chi connectivity index (χ1) is 9.08. The van der Waals surface area contributed by atoms with Gasteiger partial charge in [0.25, 0.3) is 0 Å². The first-order valence-electron chi connectivity index (χ1n) is 6.28. The van der Waals surface area contributed by atoms with Gasteiger partial charge in [-0.3, -0.25) is 0 Å². The van der Waals surface area contributed by atoms with Gasteiger partial charge in [-0.05, 0) is 38.5 Å². The van der Waals surface area contributed by atoms with Crippen molar-refractivity contribution in [1.29, 1.82) is 0 Å². The summed E-state index contributed by atoms with van der Waals surface area (Å²) in [6.07, 6.45) is -0.255. The molecule has 5 heteroatoms. The number of hydrogen-bond acceptors (Lipinski definition) is 4. The Morgan fingerprint density at radius 1 is 1.32 bits per heavy atom. The van der Waals surface area contributed by atoms with Gasteiger partial charge < -0.3 is 14.6 Å². The zero-order valence-corrected chi connectivity index (χ0v) is 12.3. The minimum atomic E-state index is -0.897. The molecule has 19 heavy (non-hydrogen) atoms. The van der Waals surface area contributed by atoms with Crippen LogP contribution in [0.1, 0.15) is 29.8 Å². The van der Waals surface area contributed by atoms with E-state index in [9.17, 15) is 4.79 Å². The van der Waals surface area contributed by atoms with Gasteiger partial charge in [-0.1, -0.05) is 6.07 Å². The molecule has 0 amide bonds. The van der Waals surface area contributed by atoms with E-state index in [1.165, 1.54) is 11.8 Å². The molecule has 0 heterocycles. The molecule has 0 radical (unpaired) electrons. The Hall–Kier alpha value is -1.04. The van der Waals surface area contributed by atoms with Crippen LogP contribution in [0.3, 0.4) is 0 Å². The maximum atomic E-state index is 11.1.